The van der Waals surface area contributed by atoms with Gasteiger partial charge in [0.15, 0.2) is 0 Å². The third-order valence-electron chi connectivity index (χ3n) is 6.56. The van der Waals surface area contributed by atoms with E-state index in [4.69, 9.17) is 0 Å². The fourth-order valence-corrected chi connectivity index (χ4v) is 6.36. The minimum absolute atomic E-state index is 0. The van der Waals surface area contributed by atoms with Gasteiger partial charge >= 0.3 is 0 Å². The van der Waals surface area contributed by atoms with Crippen LogP contribution in [0.4, 0.5) is 4.39 Å². The molecule has 0 radical (unpaired) electrons. The molecule has 1 aromatic carbocycles. The van der Waals surface area contributed by atoms with Crippen molar-refractivity contribution in [1.82, 2.24) is 14.5 Å². The maximum atomic E-state index is 13.4. The number of hydrogen-bond donors (Lipinski definition) is 1. The molecule has 1 aliphatic heterocycles. The van der Waals surface area contributed by atoms with Crippen LogP contribution in [0.1, 0.15) is 61.4 Å². The summed E-state index contributed by atoms with van der Waals surface area (Å²) in [4.78, 5) is 15.2. The van der Waals surface area contributed by atoms with E-state index in [1.165, 1.54) is 24.6 Å². The Morgan fingerprint density at radius 2 is 1.77 bits per heavy atom. The number of nitrogens with one attached hydrogen (secondary N) is 1. The Morgan fingerprint density at radius 1 is 1.13 bits per heavy atom. The summed E-state index contributed by atoms with van der Waals surface area (Å²) < 4.78 is 39.8. The summed E-state index contributed by atoms with van der Waals surface area (Å²) in [6.07, 6.45) is 6.04. The van der Waals surface area contributed by atoms with Crippen molar-refractivity contribution in [2.45, 2.75) is 57.9 Å². The summed E-state index contributed by atoms with van der Waals surface area (Å²) in [6, 6.07) is 4.22. The van der Waals surface area contributed by atoms with Crippen LogP contribution in [0.3, 0.4) is 0 Å². The highest BCUT2D eigenvalue weighted by Gasteiger charge is 2.40. The molecular weight excluding hydrogens is 441 g/mol. The lowest BCUT2D eigenvalue weighted by Crippen LogP contribution is -2.62. The van der Waals surface area contributed by atoms with E-state index in [1.807, 2.05) is 6.92 Å². The largest absolute Gasteiger partial charge is 0.350 e. The first kappa shape index (κ1) is 26.0. The highest BCUT2D eigenvalue weighted by Crippen LogP contribution is 2.34. The molecule has 1 N–H and O–H groups in total. The molecule has 0 aromatic heterocycles. The van der Waals surface area contributed by atoms with E-state index in [9.17, 15) is 17.6 Å². The zero-order valence-corrected chi connectivity index (χ0v) is 20.2. The molecule has 1 saturated heterocycles. The quantitative estimate of drug-likeness (QED) is 0.656. The Balaban J connectivity index is 0.00000341. The molecule has 31 heavy (non-hydrogen) atoms. The molecule has 176 valence electrons. The summed E-state index contributed by atoms with van der Waals surface area (Å²) >= 11 is 0. The number of sulfonamides is 1. The topological polar surface area (TPSA) is 69.7 Å². The first-order valence-electron chi connectivity index (χ1n) is 11.0. The van der Waals surface area contributed by atoms with Crippen LogP contribution in [0.25, 0.3) is 0 Å². The number of carbonyl (C=O) groups excluding carboxylic acids is 1. The molecule has 3 rings (SSSR count). The van der Waals surface area contributed by atoms with Crippen molar-refractivity contribution in [3.05, 3.63) is 35.1 Å². The van der Waals surface area contributed by atoms with E-state index < -0.39 is 10.0 Å². The van der Waals surface area contributed by atoms with Gasteiger partial charge in [-0.25, -0.2) is 12.8 Å². The monoisotopic (exact) mass is 475 g/mol. The highest BCUT2D eigenvalue weighted by atomic mass is 35.5. The molecule has 9 heteroatoms. The van der Waals surface area contributed by atoms with Crippen LogP contribution in [0, 0.1) is 12.7 Å². The molecule has 1 amide bonds. The van der Waals surface area contributed by atoms with E-state index >= 15 is 0 Å². The Kier molecular flexibility index (Phi) is 9.30. The van der Waals surface area contributed by atoms with Gasteiger partial charge in [-0.05, 0) is 49.9 Å². The van der Waals surface area contributed by atoms with Crippen molar-refractivity contribution in [2.24, 2.45) is 0 Å². The van der Waals surface area contributed by atoms with E-state index in [1.54, 1.807) is 11.2 Å². The fourth-order valence-electron chi connectivity index (χ4n) is 4.86. The van der Waals surface area contributed by atoms with Crippen LogP contribution in [-0.2, 0) is 10.0 Å². The number of aryl methyl sites for hydroxylation is 1. The maximum absolute atomic E-state index is 13.4. The zero-order valence-electron chi connectivity index (χ0n) is 18.5. The molecule has 1 aliphatic carbocycles. The van der Waals surface area contributed by atoms with Gasteiger partial charge in [0.05, 0.1) is 5.75 Å². The Labute approximate surface area is 192 Å². The van der Waals surface area contributed by atoms with Gasteiger partial charge in [0.25, 0.3) is 5.91 Å². The van der Waals surface area contributed by atoms with E-state index in [0.717, 1.165) is 25.7 Å². The van der Waals surface area contributed by atoms with Gasteiger partial charge in [-0.3, -0.25) is 9.69 Å². The van der Waals surface area contributed by atoms with Crippen LogP contribution >= 0.6 is 12.4 Å². The number of piperazine rings is 1. The van der Waals surface area contributed by atoms with Gasteiger partial charge in [0.1, 0.15) is 5.82 Å². The molecule has 6 nitrogen and oxygen atoms in total. The number of carbonyl (C=O) groups is 1. The molecule has 0 bridgehead atoms. The predicted molar refractivity (Wildman–Crippen MR) is 124 cm³/mol. The first-order chi connectivity index (χ1) is 14.3. The lowest BCUT2D eigenvalue weighted by molar-refractivity contribution is 0.0240. The smallest absolute Gasteiger partial charge is 0.251 e. The molecule has 1 saturated carbocycles. The third-order valence-corrected chi connectivity index (χ3v) is 8.64. The van der Waals surface area contributed by atoms with Gasteiger partial charge in [-0.15, -0.1) is 12.4 Å². The number of amides is 1. The summed E-state index contributed by atoms with van der Waals surface area (Å²) in [7, 11) is -3.17. The summed E-state index contributed by atoms with van der Waals surface area (Å²) in [5, 5.41) is 3.09. The number of rotatable bonds is 7. The third kappa shape index (κ3) is 6.18. The van der Waals surface area contributed by atoms with Gasteiger partial charge in [0, 0.05) is 43.8 Å². The number of hydrogen-bond acceptors (Lipinski definition) is 4. The van der Waals surface area contributed by atoms with Gasteiger partial charge in [-0.1, -0.05) is 26.2 Å². The van der Waals surface area contributed by atoms with Crippen molar-refractivity contribution in [3.8, 4) is 0 Å². The maximum Gasteiger partial charge on any atom is 0.251 e. The van der Waals surface area contributed by atoms with Crippen molar-refractivity contribution < 1.29 is 17.6 Å². The number of benzene rings is 1. The molecule has 2 aliphatic rings. The van der Waals surface area contributed by atoms with Crippen molar-refractivity contribution in [1.29, 1.82) is 0 Å². The normalized spacial score (nSPS) is 20.1. The summed E-state index contributed by atoms with van der Waals surface area (Å²) in [5.41, 5.74) is 0.986. The average molecular weight is 476 g/mol. The minimum Gasteiger partial charge on any atom is -0.350 e. The molecular formula is C22H35ClFN3O3S. The van der Waals surface area contributed by atoms with Crippen molar-refractivity contribution in [2.75, 3.05) is 38.5 Å². The first-order valence-corrected chi connectivity index (χ1v) is 12.7. The zero-order chi connectivity index (χ0) is 21.8. The van der Waals surface area contributed by atoms with Crippen molar-refractivity contribution >= 4 is 28.3 Å². The Bertz CT molecular complexity index is 852. The Morgan fingerprint density at radius 3 is 2.35 bits per heavy atom. The van der Waals surface area contributed by atoms with E-state index in [-0.39, 0.29) is 35.4 Å². The van der Waals surface area contributed by atoms with E-state index in [0.29, 0.717) is 50.3 Å². The number of nitrogens with zero attached hydrogens (tertiary/aromatic N) is 2. The average Bonchev–Trinajstić information content (AvgIpc) is 2.73. The summed E-state index contributed by atoms with van der Waals surface area (Å²) in [5.74, 6) is -0.323. The number of halogens is 2. The van der Waals surface area contributed by atoms with Gasteiger partial charge in [0.2, 0.25) is 10.0 Å². The van der Waals surface area contributed by atoms with Crippen LogP contribution in [0.5, 0.6) is 0 Å². The van der Waals surface area contributed by atoms with E-state index in [2.05, 4.69) is 10.2 Å². The molecule has 1 aromatic rings. The van der Waals surface area contributed by atoms with Crippen LogP contribution in [-0.4, -0.2) is 67.5 Å². The fraction of sp³-hybridized carbons (Fsp3) is 0.682. The second-order valence-corrected chi connectivity index (χ2v) is 10.7. The van der Waals surface area contributed by atoms with Gasteiger partial charge < -0.3 is 5.32 Å². The summed E-state index contributed by atoms with van der Waals surface area (Å²) in [6.45, 7) is 6.55. The molecule has 0 atom stereocenters. The standard InChI is InChI=1S/C22H34FN3O3S.ClH/c1-3-15-30(28,29)26-13-11-25(12-14-26)22(9-5-4-6-10-22)17-24-21(27)20-8-7-19(23)16-18(20)2;/h7-8,16H,3-6,9-15,17H2,1-2H3,(H,24,27);1H. The second kappa shape index (κ2) is 11.1. The van der Waals surface area contributed by atoms with Crippen LogP contribution < -0.4 is 5.32 Å². The van der Waals surface area contributed by atoms with Gasteiger partial charge in [-0.2, -0.15) is 4.31 Å². The van der Waals surface area contributed by atoms with Crippen molar-refractivity contribution in [3.63, 3.8) is 0 Å². The highest BCUT2D eigenvalue weighted by molar-refractivity contribution is 7.89. The minimum atomic E-state index is -3.17. The predicted octanol–water partition coefficient (Wildman–Crippen LogP) is 3.35. The second-order valence-electron chi connectivity index (χ2n) is 8.63. The molecule has 1 heterocycles. The molecule has 2 fully saturated rings. The van der Waals surface area contributed by atoms with Crippen LogP contribution in [0.2, 0.25) is 0 Å². The lowest BCUT2D eigenvalue weighted by Gasteiger charge is -2.49. The molecule has 0 spiro atoms. The Hall–Kier alpha value is -1.22. The van der Waals surface area contributed by atoms with Crippen LogP contribution in [0.15, 0.2) is 18.2 Å². The SMILES string of the molecule is CCCS(=O)(=O)N1CCN(C2(CNC(=O)c3ccc(F)cc3C)CCCCC2)CC1.Cl. The molecule has 0 unspecified atom stereocenters. The lowest BCUT2D eigenvalue weighted by atomic mass is 9.79.